The van der Waals surface area contributed by atoms with Crippen molar-refractivity contribution in [1.82, 2.24) is 10.0 Å². The van der Waals surface area contributed by atoms with Crippen molar-refractivity contribution < 1.29 is 43.1 Å². The lowest BCUT2D eigenvalue weighted by Crippen LogP contribution is -2.66. The zero-order valence-corrected chi connectivity index (χ0v) is 21.1. The zero-order valence-electron chi connectivity index (χ0n) is 20.3. The first-order valence-electron chi connectivity index (χ1n) is 11.4. The van der Waals surface area contributed by atoms with Crippen molar-refractivity contribution in [3.05, 3.63) is 11.8 Å². The molecule has 2 aliphatic rings. The molecule has 2 rings (SSSR count). The van der Waals surface area contributed by atoms with Crippen LogP contribution >= 0.6 is 0 Å². The molecule has 0 amide bonds. The van der Waals surface area contributed by atoms with Gasteiger partial charge in [0.2, 0.25) is 16.3 Å². The number of nitrogens with one attached hydrogen (secondary N) is 2. The molecule has 1 aliphatic heterocycles. The van der Waals surface area contributed by atoms with Gasteiger partial charge in [-0.1, -0.05) is 0 Å². The summed E-state index contributed by atoms with van der Waals surface area (Å²) in [7, 11) is -2.22. The molecule has 0 aromatic carbocycles. The SMILES string of the molecule is CN[C@H]([C@@H](O)CO[C@@H]1[C@@H](O)[C@H](O[C@H]2OC(CN)=CC[C@H]2N)[C@@H](N)C[C@H]1NS(C)(=O)=O)[C@@](C)(O)CO. The van der Waals surface area contributed by atoms with Gasteiger partial charge in [0, 0.05) is 6.04 Å². The first-order chi connectivity index (χ1) is 16.2. The summed E-state index contributed by atoms with van der Waals surface area (Å²) in [6.07, 6.45) is -2.71. The minimum absolute atomic E-state index is 0.0426. The largest absolute Gasteiger partial charge is 0.467 e. The van der Waals surface area contributed by atoms with Crippen LogP contribution in [0, 0.1) is 0 Å². The third-order valence-corrected chi connectivity index (χ3v) is 6.99. The predicted octanol–water partition coefficient (Wildman–Crippen LogP) is -4.62. The lowest BCUT2D eigenvalue weighted by Gasteiger charge is -2.45. The van der Waals surface area contributed by atoms with Gasteiger partial charge in [-0.15, -0.1) is 0 Å². The van der Waals surface area contributed by atoms with E-state index in [1.54, 1.807) is 6.08 Å². The second-order valence-electron chi connectivity index (χ2n) is 9.39. The highest BCUT2D eigenvalue weighted by atomic mass is 32.2. The van der Waals surface area contributed by atoms with E-state index in [0.29, 0.717) is 12.2 Å². The summed E-state index contributed by atoms with van der Waals surface area (Å²) >= 11 is 0. The number of hydrogen-bond donors (Lipinski definition) is 9. The first-order valence-corrected chi connectivity index (χ1v) is 13.3. The van der Waals surface area contributed by atoms with Crippen LogP contribution in [0.2, 0.25) is 0 Å². The summed E-state index contributed by atoms with van der Waals surface area (Å²) < 4.78 is 43.6. The molecule has 1 heterocycles. The van der Waals surface area contributed by atoms with Gasteiger partial charge in [-0.3, -0.25) is 0 Å². The molecule has 10 atom stereocenters. The molecule has 15 heteroatoms. The Morgan fingerprint density at radius 3 is 2.51 bits per heavy atom. The number of ether oxygens (including phenoxy) is 3. The third kappa shape index (κ3) is 8.02. The monoisotopic (exact) mass is 527 g/mol. The minimum Gasteiger partial charge on any atom is -0.467 e. The van der Waals surface area contributed by atoms with E-state index in [2.05, 4.69) is 10.0 Å². The Morgan fingerprint density at radius 1 is 1.31 bits per heavy atom. The van der Waals surface area contributed by atoms with Gasteiger partial charge in [-0.05, 0) is 32.9 Å². The quantitative estimate of drug-likeness (QED) is 0.116. The Labute approximate surface area is 205 Å². The number of sulfonamides is 1. The van der Waals surface area contributed by atoms with Gasteiger partial charge in [-0.25, -0.2) is 13.1 Å². The minimum atomic E-state index is -3.71. The molecular weight excluding hydrogens is 486 g/mol. The van der Waals surface area contributed by atoms with Crippen molar-refractivity contribution in [2.75, 3.05) is 33.1 Å². The van der Waals surface area contributed by atoms with Crippen LogP contribution in [0.25, 0.3) is 0 Å². The molecule has 1 fully saturated rings. The maximum Gasteiger partial charge on any atom is 0.215 e. The number of rotatable bonds is 12. The van der Waals surface area contributed by atoms with Gasteiger partial charge in [0.05, 0.1) is 50.2 Å². The normalized spacial score (nSPS) is 35.5. The zero-order chi connectivity index (χ0) is 26.6. The molecule has 0 unspecified atom stereocenters. The summed E-state index contributed by atoms with van der Waals surface area (Å²) in [5.74, 6) is 0.483. The van der Waals surface area contributed by atoms with Crippen molar-refractivity contribution in [1.29, 1.82) is 0 Å². The van der Waals surface area contributed by atoms with Crippen LogP contribution < -0.4 is 27.2 Å². The predicted molar refractivity (Wildman–Crippen MR) is 126 cm³/mol. The Hall–Kier alpha value is -0.950. The molecule has 1 aliphatic carbocycles. The lowest BCUT2D eigenvalue weighted by molar-refractivity contribution is -0.226. The molecular formula is C20H41N5O9S. The van der Waals surface area contributed by atoms with E-state index in [1.807, 2.05) is 0 Å². The first kappa shape index (κ1) is 30.3. The van der Waals surface area contributed by atoms with Crippen LogP contribution in [-0.2, 0) is 24.2 Å². The van der Waals surface area contributed by atoms with Gasteiger partial charge in [0.25, 0.3) is 0 Å². The van der Waals surface area contributed by atoms with Crippen LogP contribution in [0.5, 0.6) is 0 Å². The molecule has 0 saturated heterocycles. The van der Waals surface area contributed by atoms with Gasteiger partial charge < -0.3 is 57.2 Å². The van der Waals surface area contributed by atoms with Crippen molar-refractivity contribution >= 4 is 10.0 Å². The lowest BCUT2D eigenvalue weighted by atomic mass is 9.84. The summed E-state index contributed by atoms with van der Waals surface area (Å²) in [5.41, 5.74) is 16.3. The van der Waals surface area contributed by atoms with Crippen molar-refractivity contribution in [2.24, 2.45) is 17.2 Å². The Morgan fingerprint density at radius 2 is 1.97 bits per heavy atom. The average Bonchev–Trinajstić information content (AvgIpc) is 2.76. The Kier molecular flexibility index (Phi) is 10.8. The van der Waals surface area contributed by atoms with Crippen molar-refractivity contribution in [2.45, 2.75) is 80.2 Å². The third-order valence-electron chi connectivity index (χ3n) is 6.26. The standard InChI is InChI=1S/C20H41N5O9S/c1-20(29,9-26)18(24-2)14(27)8-32-17-13(25-35(3,30)31)6-12(23)16(15(17)28)34-19-11(22)5-4-10(7-21)33-19/h4,11-19,24-29H,5-9,21-23H2,1-3H3/t11-,12+,13-,14+,15+,16-,17+,18-,19-,20+/m1/s1. The maximum absolute atomic E-state index is 11.9. The summed E-state index contributed by atoms with van der Waals surface area (Å²) in [4.78, 5) is 0. The highest BCUT2D eigenvalue weighted by molar-refractivity contribution is 7.88. The van der Waals surface area contributed by atoms with E-state index >= 15 is 0 Å². The number of aliphatic hydroxyl groups excluding tert-OH is 3. The molecule has 0 radical (unpaired) electrons. The van der Waals surface area contributed by atoms with E-state index in [1.165, 1.54) is 14.0 Å². The second kappa shape index (κ2) is 12.5. The van der Waals surface area contributed by atoms with Crippen LogP contribution in [0.3, 0.4) is 0 Å². The number of aliphatic hydroxyl groups is 4. The number of nitrogens with two attached hydrogens (primary N) is 3. The smallest absolute Gasteiger partial charge is 0.215 e. The number of likely N-dealkylation sites (N-methyl/N-ethyl adjacent to an activating group) is 1. The number of hydrogen-bond acceptors (Lipinski definition) is 13. The van der Waals surface area contributed by atoms with E-state index in [-0.39, 0.29) is 13.0 Å². The van der Waals surface area contributed by atoms with Gasteiger partial charge in [0.15, 0.2) is 0 Å². The molecule has 35 heavy (non-hydrogen) atoms. The van der Waals surface area contributed by atoms with Crippen LogP contribution in [-0.4, -0.2) is 122 Å². The highest BCUT2D eigenvalue weighted by Gasteiger charge is 2.47. The molecule has 14 nitrogen and oxygen atoms in total. The maximum atomic E-state index is 11.9. The topological polar surface area (TPSA) is 245 Å². The molecule has 1 saturated carbocycles. The fourth-order valence-electron chi connectivity index (χ4n) is 4.43. The Bertz CT molecular complexity index is 815. The molecule has 206 valence electrons. The molecule has 0 spiro atoms. The average molecular weight is 528 g/mol. The molecule has 12 N–H and O–H groups in total. The van der Waals surface area contributed by atoms with Crippen LogP contribution in [0.1, 0.15) is 19.8 Å². The summed E-state index contributed by atoms with van der Waals surface area (Å²) in [6, 6.07) is -3.28. The van der Waals surface area contributed by atoms with Crippen LogP contribution in [0.15, 0.2) is 11.8 Å². The van der Waals surface area contributed by atoms with Gasteiger partial charge >= 0.3 is 0 Å². The van der Waals surface area contributed by atoms with E-state index < -0.39 is 83.7 Å². The second-order valence-corrected chi connectivity index (χ2v) is 11.2. The van der Waals surface area contributed by atoms with E-state index in [9.17, 15) is 28.8 Å². The van der Waals surface area contributed by atoms with Crippen molar-refractivity contribution in [3.8, 4) is 0 Å². The van der Waals surface area contributed by atoms with Gasteiger partial charge in [0.1, 0.15) is 29.7 Å². The van der Waals surface area contributed by atoms with Crippen LogP contribution in [0.4, 0.5) is 0 Å². The van der Waals surface area contributed by atoms with E-state index in [0.717, 1.165) is 6.26 Å². The highest BCUT2D eigenvalue weighted by Crippen LogP contribution is 2.29. The summed E-state index contributed by atoms with van der Waals surface area (Å²) in [6.45, 7) is 0.430. The molecule has 0 aromatic rings. The fourth-order valence-corrected chi connectivity index (χ4v) is 5.21. The van der Waals surface area contributed by atoms with E-state index in [4.69, 9.17) is 31.4 Å². The molecule has 0 bridgehead atoms. The fraction of sp³-hybridized carbons (Fsp3) is 0.900. The van der Waals surface area contributed by atoms with Crippen molar-refractivity contribution in [3.63, 3.8) is 0 Å². The Balaban J connectivity index is 2.21. The van der Waals surface area contributed by atoms with Gasteiger partial charge in [-0.2, -0.15) is 0 Å². The summed E-state index contributed by atoms with van der Waals surface area (Å²) in [5, 5.41) is 44.2. The molecule has 0 aromatic heterocycles.